The molecule has 1 aromatic rings. The van der Waals surface area contributed by atoms with Crippen LogP contribution < -0.4 is 5.73 Å². The number of alkyl halides is 3. The molecule has 0 spiro atoms. The van der Waals surface area contributed by atoms with Crippen LogP contribution in [0.3, 0.4) is 0 Å². The zero-order valence-electron chi connectivity index (χ0n) is 24.2. The van der Waals surface area contributed by atoms with E-state index < -0.39 is 98.7 Å². The number of carbonyl (C=O) groups is 3. The summed E-state index contributed by atoms with van der Waals surface area (Å²) in [5.74, 6) is -8.91. The minimum Gasteiger partial charge on any atom is -0.508 e. The van der Waals surface area contributed by atoms with Crippen molar-refractivity contribution in [2.24, 2.45) is 23.5 Å². The highest BCUT2D eigenvalue weighted by molar-refractivity contribution is 6.24. The van der Waals surface area contributed by atoms with E-state index in [1.807, 2.05) is 20.8 Å². The number of primary amides is 1. The van der Waals surface area contributed by atoms with Gasteiger partial charge in [-0.15, -0.1) is 0 Å². The molecular weight excluding hydrogens is 559 g/mol. The number of hydrogen-bond donors (Lipinski definition) is 5. The number of aliphatic hydroxyl groups is 3. The topological polar surface area (TPSA) is 165 Å². The van der Waals surface area contributed by atoms with Crippen LogP contribution in [0.25, 0.3) is 5.76 Å². The fourth-order valence-corrected chi connectivity index (χ4v) is 6.78. The Labute approximate surface area is 240 Å². The van der Waals surface area contributed by atoms with Crippen LogP contribution in [0.1, 0.15) is 49.4 Å². The van der Waals surface area contributed by atoms with Crippen molar-refractivity contribution in [3.05, 3.63) is 45.2 Å². The van der Waals surface area contributed by atoms with Gasteiger partial charge in [0.1, 0.15) is 22.8 Å². The van der Waals surface area contributed by atoms with Gasteiger partial charge in [-0.25, -0.2) is 0 Å². The summed E-state index contributed by atoms with van der Waals surface area (Å²) >= 11 is 0. The summed E-state index contributed by atoms with van der Waals surface area (Å²) in [5.41, 5.74) is -1.31. The fraction of sp³-hybridized carbons (Fsp3) is 0.552. The van der Waals surface area contributed by atoms with Gasteiger partial charge in [0, 0.05) is 24.1 Å². The molecule has 0 saturated heterocycles. The van der Waals surface area contributed by atoms with Gasteiger partial charge >= 0.3 is 6.18 Å². The molecular formula is C29H36F3N3O7. The first-order valence-corrected chi connectivity index (χ1v) is 13.6. The molecule has 3 aliphatic carbocycles. The van der Waals surface area contributed by atoms with E-state index in [1.54, 1.807) is 11.9 Å². The number of Topliss-reactive ketones (excluding diaryl/α,β-unsaturated/α-hetero) is 2. The summed E-state index contributed by atoms with van der Waals surface area (Å²) in [5, 5.41) is 44.7. The number of benzene rings is 1. The Kier molecular flexibility index (Phi) is 7.79. The predicted octanol–water partition coefficient (Wildman–Crippen LogP) is 2.46. The summed E-state index contributed by atoms with van der Waals surface area (Å²) in [6.45, 7) is 5.56. The molecule has 0 radical (unpaired) electrons. The van der Waals surface area contributed by atoms with Gasteiger partial charge in [0.25, 0.3) is 5.91 Å². The maximum atomic E-state index is 14.7. The monoisotopic (exact) mass is 595 g/mol. The Hall–Kier alpha value is -3.42. The van der Waals surface area contributed by atoms with Crippen LogP contribution in [0.5, 0.6) is 5.75 Å². The van der Waals surface area contributed by atoms with Crippen molar-refractivity contribution in [2.45, 2.75) is 64.0 Å². The number of rotatable bonds is 6. The second-order valence-corrected chi connectivity index (χ2v) is 12.1. The van der Waals surface area contributed by atoms with Crippen molar-refractivity contribution >= 4 is 23.2 Å². The first kappa shape index (κ1) is 31.5. The number of amides is 1. The van der Waals surface area contributed by atoms with Gasteiger partial charge in [0.2, 0.25) is 5.78 Å². The fourth-order valence-electron chi connectivity index (χ4n) is 6.78. The number of aromatic hydroxyl groups is 1. The highest BCUT2D eigenvalue weighted by Crippen LogP contribution is 2.54. The van der Waals surface area contributed by atoms with Crippen molar-refractivity contribution in [1.82, 2.24) is 9.80 Å². The Morgan fingerprint density at radius 3 is 2.24 bits per heavy atom. The second kappa shape index (κ2) is 10.4. The number of halogens is 3. The largest absolute Gasteiger partial charge is 0.508 e. The van der Waals surface area contributed by atoms with Crippen molar-refractivity contribution in [3.63, 3.8) is 0 Å². The third-order valence-electron chi connectivity index (χ3n) is 9.17. The summed E-state index contributed by atoms with van der Waals surface area (Å²) in [4.78, 5) is 42.2. The Balaban J connectivity index is 1.96. The molecule has 1 saturated carbocycles. The maximum Gasteiger partial charge on any atom is 0.417 e. The summed E-state index contributed by atoms with van der Waals surface area (Å²) in [7, 11) is 4.54. The van der Waals surface area contributed by atoms with Gasteiger partial charge in [0.05, 0.1) is 17.2 Å². The van der Waals surface area contributed by atoms with E-state index in [0.717, 1.165) is 6.07 Å². The molecule has 0 heterocycles. The van der Waals surface area contributed by atoms with Crippen molar-refractivity contribution in [1.29, 1.82) is 0 Å². The summed E-state index contributed by atoms with van der Waals surface area (Å²) in [6.07, 6.45) is -5.65. The summed E-state index contributed by atoms with van der Waals surface area (Å²) < 4.78 is 44.1. The molecule has 0 aromatic heterocycles. The minimum atomic E-state index is -4.89. The third kappa shape index (κ3) is 4.58. The first-order chi connectivity index (χ1) is 19.3. The van der Waals surface area contributed by atoms with E-state index in [0.29, 0.717) is 0 Å². The molecule has 1 aromatic carbocycles. The van der Waals surface area contributed by atoms with Crippen LogP contribution in [0.2, 0.25) is 0 Å². The Morgan fingerprint density at radius 1 is 1.14 bits per heavy atom. The van der Waals surface area contributed by atoms with Crippen LogP contribution in [0, 0.1) is 17.8 Å². The van der Waals surface area contributed by atoms with Crippen LogP contribution in [-0.4, -0.2) is 86.5 Å². The number of ketones is 2. The Morgan fingerprint density at radius 2 is 1.74 bits per heavy atom. The normalized spacial score (nSPS) is 27.0. The standard InChI is InChI=1S/C29H36F3N3O7/c1-11(2)12(3)35(6)10-14-9-17(36)19-15(21(14)29(30,31)32)7-13-8-16-22(34(4)5)24(38)20(27(33)41)26(40)28(16,42)25(39)18(13)23(19)37/h9,11-13,16,22,36-37,40,42H,7-8,10H2,1-6H3,(H2,33,41)/t12-,13+,16+,22+,28+/m1/s1. The van der Waals surface area contributed by atoms with E-state index in [9.17, 15) is 48.0 Å². The highest BCUT2D eigenvalue weighted by Gasteiger charge is 2.64. The zero-order valence-corrected chi connectivity index (χ0v) is 24.2. The van der Waals surface area contributed by atoms with Crippen LogP contribution in [-0.2, 0) is 33.5 Å². The lowest BCUT2D eigenvalue weighted by molar-refractivity contribution is -0.153. The molecule has 13 heteroatoms. The quantitative estimate of drug-likeness (QED) is 0.311. The molecule has 10 nitrogen and oxygen atoms in total. The first-order valence-electron chi connectivity index (χ1n) is 13.6. The predicted molar refractivity (Wildman–Crippen MR) is 145 cm³/mol. The van der Waals surface area contributed by atoms with Gasteiger partial charge in [-0.2, -0.15) is 13.2 Å². The lowest BCUT2D eigenvalue weighted by Gasteiger charge is -2.50. The number of likely N-dealkylation sites (N-methyl/N-ethyl adjacent to an activating group) is 1. The van der Waals surface area contributed by atoms with Crippen molar-refractivity contribution in [3.8, 4) is 5.75 Å². The average molecular weight is 596 g/mol. The number of phenolic OH excluding ortho intramolecular Hbond substituents is 1. The molecule has 230 valence electrons. The molecule has 3 aliphatic rings. The zero-order chi connectivity index (χ0) is 31.8. The SMILES string of the molecule is CC(C)[C@@H](C)N(C)Cc1cc(O)c2c(c1C(F)(F)F)C[C@H]1C[C@H]3[C@H](N(C)C)C(=O)C(C(N)=O)=C(O)[C@@]3(O)C(=O)C1=C2O. The number of nitrogens with two attached hydrogens (primary N) is 1. The average Bonchev–Trinajstić information content (AvgIpc) is 2.84. The molecule has 0 unspecified atom stereocenters. The maximum absolute atomic E-state index is 14.7. The van der Waals surface area contributed by atoms with Gasteiger partial charge in [-0.3, -0.25) is 24.2 Å². The van der Waals surface area contributed by atoms with Gasteiger partial charge < -0.3 is 26.2 Å². The summed E-state index contributed by atoms with van der Waals surface area (Å²) in [6, 6.07) is -0.525. The number of aliphatic hydroxyl groups excluding tert-OH is 2. The number of fused-ring (bicyclic) bond motifs is 3. The molecule has 4 rings (SSSR count). The van der Waals surface area contributed by atoms with Crippen molar-refractivity contribution in [2.75, 3.05) is 21.1 Å². The number of hydrogen-bond acceptors (Lipinski definition) is 9. The van der Waals surface area contributed by atoms with Crippen LogP contribution in [0.15, 0.2) is 23.0 Å². The van der Waals surface area contributed by atoms with Crippen LogP contribution >= 0.6 is 0 Å². The third-order valence-corrected chi connectivity index (χ3v) is 9.17. The molecule has 0 bridgehead atoms. The van der Waals surface area contributed by atoms with Crippen LogP contribution in [0.4, 0.5) is 13.2 Å². The van der Waals surface area contributed by atoms with Gasteiger partial charge in [0.15, 0.2) is 11.4 Å². The molecule has 1 amide bonds. The highest BCUT2D eigenvalue weighted by atomic mass is 19.4. The van der Waals surface area contributed by atoms with E-state index in [1.165, 1.54) is 19.0 Å². The lowest BCUT2D eigenvalue weighted by Crippen LogP contribution is -2.65. The van der Waals surface area contributed by atoms with Gasteiger partial charge in [-0.05, 0) is 69.9 Å². The number of nitrogens with zero attached hydrogens (tertiary/aromatic N) is 2. The number of carbonyl (C=O) groups excluding carboxylic acids is 3. The van der Waals surface area contributed by atoms with E-state index in [-0.39, 0.29) is 30.5 Å². The molecule has 1 fully saturated rings. The Bertz CT molecular complexity index is 1430. The van der Waals surface area contributed by atoms with E-state index >= 15 is 0 Å². The molecule has 5 atom stereocenters. The molecule has 6 N–H and O–H groups in total. The van der Waals surface area contributed by atoms with Gasteiger partial charge in [-0.1, -0.05) is 13.8 Å². The molecule has 0 aliphatic heterocycles. The van der Waals surface area contributed by atoms with E-state index in [4.69, 9.17) is 5.73 Å². The van der Waals surface area contributed by atoms with E-state index in [2.05, 4.69) is 0 Å². The number of phenols is 1. The smallest absolute Gasteiger partial charge is 0.417 e. The second-order valence-electron chi connectivity index (χ2n) is 12.1. The molecule has 42 heavy (non-hydrogen) atoms. The van der Waals surface area contributed by atoms with Crippen molar-refractivity contribution < 1.29 is 48.0 Å². The minimum absolute atomic E-state index is 0.101. The lowest BCUT2D eigenvalue weighted by atomic mass is 9.57.